The van der Waals surface area contributed by atoms with Gasteiger partial charge in [0, 0.05) is 18.8 Å². The van der Waals surface area contributed by atoms with Crippen LogP contribution in [0.5, 0.6) is 0 Å². The molecule has 2 rings (SSSR count). The normalized spacial score (nSPS) is 17.7. The number of hydrogen-bond donors (Lipinski definition) is 2. The van der Waals surface area contributed by atoms with Crippen LogP contribution in [0.4, 0.5) is 0 Å². The molecular weight excluding hydrogens is 192 g/mol. The van der Waals surface area contributed by atoms with E-state index in [1.165, 1.54) is 12.8 Å². The number of amides is 1. The Morgan fingerprint density at radius 3 is 3.13 bits per heavy atom. The summed E-state index contributed by atoms with van der Waals surface area (Å²) in [5, 5.41) is 3.07. The van der Waals surface area contributed by atoms with E-state index >= 15 is 0 Å². The second-order valence-corrected chi connectivity index (χ2v) is 4.03. The Bertz CT molecular complexity index is 356. The first-order valence-electron chi connectivity index (χ1n) is 5.22. The monoisotopic (exact) mass is 208 g/mol. The molecule has 1 heterocycles. The Labute approximate surface area is 88.7 Å². The molecule has 5 nitrogen and oxygen atoms in total. The van der Waals surface area contributed by atoms with E-state index in [1.54, 1.807) is 6.92 Å². The molecule has 1 aromatic heterocycles. The number of carbonyl (C=O) groups is 1. The summed E-state index contributed by atoms with van der Waals surface area (Å²) in [6.07, 6.45) is 6.14. The maximum atomic E-state index is 10.8. The minimum atomic E-state index is -0.326. The molecule has 0 saturated heterocycles. The molecule has 0 radical (unpaired) electrons. The predicted octanol–water partition coefficient (Wildman–Crippen LogP) is 0.181. The Morgan fingerprint density at radius 2 is 2.53 bits per heavy atom. The van der Waals surface area contributed by atoms with Gasteiger partial charge in [0.25, 0.3) is 0 Å². The lowest BCUT2D eigenvalue weighted by atomic mass is 10.3. The van der Waals surface area contributed by atoms with Gasteiger partial charge >= 0.3 is 0 Å². The number of nitrogens with zero attached hydrogens (tertiary/aromatic N) is 2. The van der Waals surface area contributed by atoms with Crippen LogP contribution in [-0.2, 0) is 11.3 Å². The highest BCUT2D eigenvalue weighted by Crippen LogP contribution is 2.35. The predicted molar refractivity (Wildman–Crippen MR) is 56.0 cm³/mol. The highest BCUT2D eigenvalue weighted by molar-refractivity contribution is 5.79. The molecule has 1 fully saturated rings. The first-order valence-corrected chi connectivity index (χ1v) is 5.22. The van der Waals surface area contributed by atoms with Crippen molar-refractivity contribution in [2.45, 2.75) is 38.4 Å². The van der Waals surface area contributed by atoms with Crippen molar-refractivity contribution in [2.75, 3.05) is 0 Å². The molecule has 5 heteroatoms. The summed E-state index contributed by atoms with van der Waals surface area (Å²) < 4.78 is 2.17. The first kappa shape index (κ1) is 10.2. The number of rotatable bonds is 5. The largest absolute Gasteiger partial charge is 0.368 e. The van der Waals surface area contributed by atoms with Gasteiger partial charge in [0.15, 0.2) is 0 Å². The third-order valence-electron chi connectivity index (χ3n) is 2.70. The van der Waals surface area contributed by atoms with Gasteiger partial charge in [0.1, 0.15) is 0 Å². The summed E-state index contributed by atoms with van der Waals surface area (Å²) in [5.74, 6) is -0.326. The van der Waals surface area contributed by atoms with Gasteiger partial charge in [-0.2, -0.15) is 0 Å². The van der Waals surface area contributed by atoms with Crippen molar-refractivity contribution in [1.29, 1.82) is 0 Å². The number of aromatic nitrogens is 2. The van der Waals surface area contributed by atoms with Crippen molar-refractivity contribution in [3.8, 4) is 0 Å². The molecule has 1 aromatic rings. The number of nitrogens with two attached hydrogens (primary N) is 1. The third kappa shape index (κ3) is 2.36. The van der Waals surface area contributed by atoms with Gasteiger partial charge in [0.2, 0.25) is 5.91 Å². The molecule has 82 valence electrons. The van der Waals surface area contributed by atoms with Crippen molar-refractivity contribution in [3.05, 3.63) is 18.2 Å². The first-order chi connectivity index (χ1) is 7.18. The van der Waals surface area contributed by atoms with Gasteiger partial charge in [-0.25, -0.2) is 4.98 Å². The lowest BCUT2D eigenvalue weighted by molar-refractivity contribution is -0.119. The second-order valence-electron chi connectivity index (χ2n) is 4.03. The molecule has 1 saturated carbocycles. The Hall–Kier alpha value is -1.36. The van der Waals surface area contributed by atoms with E-state index < -0.39 is 0 Å². The highest BCUT2D eigenvalue weighted by atomic mass is 16.1. The van der Waals surface area contributed by atoms with Crippen molar-refractivity contribution in [1.82, 2.24) is 14.9 Å². The molecule has 1 atom stereocenters. The zero-order valence-electron chi connectivity index (χ0n) is 8.81. The number of carbonyl (C=O) groups excluding carboxylic acids is 1. The molecule has 3 N–H and O–H groups in total. The second kappa shape index (κ2) is 4.02. The average molecular weight is 208 g/mol. The molecule has 1 aliphatic carbocycles. The minimum Gasteiger partial charge on any atom is -0.368 e. The number of imidazole rings is 1. The van der Waals surface area contributed by atoms with Crippen molar-refractivity contribution in [3.63, 3.8) is 0 Å². The summed E-state index contributed by atoms with van der Waals surface area (Å²) in [7, 11) is 0. The molecule has 15 heavy (non-hydrogen) atoms. The topological polar surface area (TPSA) is 72.9 Å². The van der Waals surface area contributed by atoms with E-state index in [4.69, 9.17) is 5.73 Å². The molecule has 1 unspecified atom stereocenters. The lowest BCUT2D eigenvalue weighted by Crippen LogP contribution is -2.38. The minimum absolute atomic E-state index is 0.299. The van der Waals surface area contributed by atoms with Crippen molar-refractivity contribution in [2.24, 2.45) is 5.73 Å². The fraction of sp³-hybridized carbons (Fsp3) is 0.600. The van der Waals surface area contributed by atoms with Gasteiger partial charge in [-0.1, -0.05) is 0 Å². The maximum Gasteiger partial charge on any atom is 0.234 e. The summed E-state index contributed by atoms with van der Waals surface area (Å²) >= 11 is 0. The standard InChI is InChI=1S/C10H16N4O/c1-7(10(11)15)13-5-9-4-12-6-14(9)8-2-3-8/h4,6-8,13H,2-3,5H2,1H3,(H2,11,15). The molecule has 0 aromatic carbocycles. The van der Waals surface area contributed by atoms with Crippen LogP contribution in [0.15, 0.2) is 12.5 Å². The molecule has 0 spiro atoms. The van der Waals surface area contributed by atoms with Crippen LogP contribution in [0.3, 0.4) is 0 Å². The fourth-order valence-corrected chi connectivity index (χ4v) is 1.51. The summed E-state index contributed by atoms with van der Waals surface area (Å²) in [6.45, 7) is 2.40. The van der Waals surface area contributed by atoms with Crippen LogP contribution in [-0.4, -0.2) is 21.5 Å². The lowest BCUT2D eigenvalue weighted by Gasteiger charge is -2.11. The van der Waals surface area contributed by atoms with E-state index in [1.807, 2.05) is 12.5 Å². The van der Waals surface area contributed by atoms with Crippen LogP contribution in [0.25, 0.3) is 0 Å². The quantitative estimate of drug-likeness (QED) is 0.725. The SMILES string of the molecule is CC(NCc1cncn1C1CC1)C(N)=O. The highest BCUT2D eigenvalue weighted by Gasteiger charge is 2.25. The van der Waals surface area contributed by atoms with Crippen LogP contribution in [0.1, 0.15) is 31.5 Å². The Kier molecular flexibility index (Phi) is 2.73. The zero-order valence-corrected chi connectivity index (χ0v) is 8.81. The zero-order chi connectivity index (χ0) is 10.8. The molecule has 1 aliphatic rings. The molecule has 0 aliphatic heterocycles. The van der Waals surface area contributed by atoms with E-state index in [9.17, 15) is 4.79 Å². The van der Waals surface area contributed by atoms with Gasteiger partial charge < -0.3 is 15.6 Å². The van der Waals surface area contributed by atoms with E-state index in [2.05, 4.69) is 14.9 Å². The van der Waals surface area contributed by atoms with Crippen LogP contribution in [0.2, 0.25) is 0 Å². The van der Waals surface area contributed by atoms with E-state index in [-0.39, 0.29) is 11.9 Å². The fourth-order valence-electron chi connectivity index (χ4n) is 1.51. The van der Waals surface area contributed by atoms with Crippen LogP contribution < -0.4 is 11.1 Å². The van der Waals surface area contributed by atoms with Crippen LogP contribution >= 0.6 is 0 Å². The Balaban J connectivity index is 1.92. The smallest absolute Gasteiger partial charge is 0.234 e. The summed E-state index contributed by atoms with van der Waals surface area (Å²) in [6, 6.07) is 0.320. The number of hydrogen-bond acceptors (Lipinski definition) is 3. The number of nitrogens with one attached hydrogen (secondary N) is 1. The van der Waals surface area contributed by atoms with E-state index in [0.29, 0.717) is 12.6 Å². The molecule has 1 amide bonds. The third-order valence-corrected chi connectivity index (χ3v) is 2.70. The molecule has 0 bridgehead atoms. The maximum absolute atomic E-state index is 10.8. The summed E-state index contributed by atoms with van der Waals surface area (Å²) in [5.41, 5.74) is 6.28. The van der Waals surface area contributed by atoms with Crippen molar-refractivity contribution >= 4 is 5.91 Å². The van der Waals surface area contributed by atoms with Crippen LogP contribution in [0, 0.1) is 0 Å². The van der Waals surface area contributed by atoms with Gasteiger partial charge in [-0.05, 0) is 19.8 Å². The molecular formula is C10H16N4O. The van der Waals surface area contributed by atoms with E-state index in [0.717, 1.165) is 5.69 Å². The Morgan fingerprint density at radius 1 is 1.80 bits per heavy atom. The average Bonchev–Trinajstić information content (AvgIpc) is 2.94. The van der Waals surface area contributed by atoms with Gasteiger partial charge in [-0.15, -0.1) is 0 Å². The van der Waals surface area contributed by atoms with Crippen molar-refractivity contribution < 1.29 is 4.79 Å². The van der Waals surface area contributed by atoms with Gasteiger partial charge in [-0.3, -0.25) is 4.79 Å². The van der Waals surface area contributed by atoms with Gasteiger partial charge in [0.05, 0.1) is 18.1 Å². The number of primary amides is 1. The summed E-state index contributed by atoms with van der Waals surface area (Å²) in [4.78, 5) is 14.9.